The minimum atomic E-state index is -0.346. The van der Waals surface area contributed by atoms with Gasteiger partial charge < -0.3 is 9.31 Å². The largest absolute Gasteiger partial charge is 0.496 e. The molecular formula is C14H20BNO2. The van der Waals surface area contributed by atoms with Crippen molar-refractivity contribution in [3.63, 3.8) is 0 Å². The normalized spacial score (nSPS) is 21.1. The Kier molecular flexibility index (Phi) is 3.12. The zero-order valence-electron chi connectivity index (χ0n) is 11.8. The first-order valence-corrected chi connectivity index (χ1v) is 6.21. The molecule has 0 unspecified atom stereocenters. The Morgan fingerprint density at radius 1 is 1.22 bits per heavy atom. The van der Waals surface area contributed by atoms with E-state index in [4.69, 9.17) is 9.31 Å². The van der Waals surface area contributed by atoms with E-state index in [2.05, 4.69) is 11.6 Å². The van der Waals surface area contributed by atoms with Crippen molar-refractivity contribution in [1.29, 1.82) is 0 Å². The molecule has 4 heteroatoms. The lowest BCUT2D eigenvalue weighted by Gasteiger charge is -2.32. The molecule has 1 fully saturated rings. The van der Waals surface area contributed by atoms with Crippen LogP contribution in [-0.4, -0.2) is 23.3 Å². The fourth-order valence-corrected chi connectivity index (χ4v) is 1.92. The Labute approximate surface area is 109 Å². The highest BCUT2D eigenvalue weighted by Gasteiger charge is 2.52. The van der Waals surface area contributed by atoms with Gasteiger partial charge in [-0.3, -0.25) is 4.98 Å². The molecule has 0 N–H and O–H groups in total. The second-order valence-electron chi connectivity index (χ2n) is 5.76. The third kappa shape index (κ3) is 2.11. The maximum Gasteiger partial charge on any atom is 0.496 e. The molecule has 1 saturated heterocycles. The van der Waals surface area contributed by atoms with Crippen molar-refractivity contribution in [2.24, 2.45) is 0 Å². The summed E-state index contributed by atoms with van der Waals surface area (Å²) in [6.07, 6.45) is 3.55. The summed E-state index contributed by atoms with van der Waals surface area (Å²) in [4.78, 5) is 4.32. The topological polar surface area (TPSA) is 31.4 Å². The van der Waals surface area contributed by atoms with Crippen LogP contribution in [0, 0.1) is 6.92 Å². The highest BCUT2D eigenvalue weighted by Crippen LogP contribution is 2.36. The smallest absolute Gasteiger partial charge is 0.399 e. The Morgan fingerprint density at radius 3 is 2.22 bits per heavy atom. The van der Waals surface area contributed by atoms with Gasteiger partial charge in [-0.2, -0.15) is 0 Å². The molecule has 0 saturated carbocycles. The van der Waals surface area contributed by atoms with Crippen molar-refractivity contribution in [3.05, 3.63) is 30.1 Å². The third-order valence-electron chi connectivity index (χ3n) is 3.89. The Bertz CT molecular complexity index is 467. The first-order chi connectivity index (χ1) is 8.27. The van der Waals surface area contributed by atoms with Gasteiger partial charge in [-0.25, -0.2) is 0 Å². The first kappa shape index (κ1) is 13.3. The van der Waals surface area contributed by atoms with Gasteiger partial charge in [-0.15, -0.1) is 0 Å². The molecule has 1 aliphatic heterocycles. The van der Waals surface area contributed by atoms with Crippen LogP contribution in [0.1, 0.15) is 39.0 Å². The molecule has 18 heavy (non-hydrogen) atoms. The van der Waals surface area contributed by atoms with Crippen LogP contribution in [0.4, 0.5) is 0 Å². The van der Waals surface area contributed by atoms with Crippen LogP contribution in [-0.2, 0) is 9.31 Å². The van der Waals surface area contributed by atoms with E-state index < -0.39 is 0 Å². The highest BCUT2D eigenvalue weighted by atomic mass is 16.7. The molecule has 3 nitrogen and oxygen atoms in total. The van der Waals surface area contributed by atoms with Gasteiger partial charge in [0, 0.05) is 11.7 Å². The van der Waals surface area contributed by atoms with E-state index in [1.807, 2.05) is 46.9 Å². The molecule has 1 aromatic heterocycles. The fourth-order valence-electron chi connectivity index (χ4n) is 1.92. The Hall–Kier alpha value is -1.13. The van der Waals surface area contributed by atoms with Crippen molar-refractivity contribution in [2.75, 3.05) is 0 Å². The number of pyridine rings is 1. The molecule has 0 spiro atoms. The van der Waals surface area contributed by atoms with Crippen molar-refractivity contribution >= 4 is 18.7 Å². The maximum absolute atomic E-state index is 6.02. The van der Waals surface area contributed by atoms with E-state index >= 15 is 0 Å². The van der Waals surface area contributed by atoms with Crippen LogP contribution in [0.15, 0.2) is 18.8 Å². The minimum absolute atomic E-state index is 0.318. The van der Waals surface area contributed by atoms with Crippen LogP contribution >= 0.6 is 0 Å². The summed E-state index contributed by atoms with van der Waals surface area (Å²) in [5.41, 5.74) is 2.33. The van der Waals surface area contributed by atoms with Crippen LogP contribution in [0.3, 0.4) is 0 Å². The van der Waals surface area contributed by atoms with Crippen molar-refractivity contribution < 1.29 is 9.31 Å². The lowest BCUT2D eigenvalue weighted by atomic mass is 9.77. The predicted octanol–water partition coefficient (Wildman–Crippen LogP) is 2.33. The van der Waals surface area contributed by atoms with Gasteiger partial charge >= 0.3 is 7.12 Å². The predicted molar refractivity (Wildman–Crippen MR) is 74.8 cm³/mol. The van der Waals surface area contributed by atoms with E-state index in [0.717, 1.165) is 16.7 Å². The lowest BCUT2D eigenvalue weighted by Crippen LogP contribution is -2.41. The number of rotatable bonds is 2. The first-order valence-electron chi connectivity index (χ1n) is 6.21. The van der Waals surface area contributed by atoms with Gasteiger partial charge in [0.2, 0.25) is 0 Å². The molecule has 0 bridgehead atoms. The molecule has 2 heterocycles. The van der Waals surface area contributed by atoms with Crippen molar-refractivity contribution in [1.82, 2.24) is 4.98 Å². The molecule has 2 rings (SSSR count). The summed E-state index contributed by atoms with van der Waals surface area (Å²) in [5, 5.41) is 0. The summed E-state index contributed by atoms with van der Waals surface area (Å²) in [6.45, 7) is 14.0. The molecule has 1 aliphatic rings. The standard InChI is InChI=1S/C14H20BNO2/c1-7-11-8-10(2)12(9-16-11)15-17-13(3,4)14(5,6)18-15/h7-9H,1H2,2-6H3. The Balaban J connectivity index is 2.32. The van der Waals surface area contributed by atoms with Gasteiger partial charge in [0.1, 0.15) is 0 Å². The van der Waals surface area contributed by atoms with Crippen LogP contribution in [0.5, 0.6) is 0 Å². The van der Waals surface area contributed by atoms with Crippen LogP contribution in [0.2, 0.25) is 0 Å². The van der Waals surface area contributed by atoms with Crippen LogP contribution < -0.4 is 5.46 Å². The van der Waals surface area contributed by atoms with Gasteiger partial charge in [-0.05, 0) is 52.3 Å². The van der Waals surface area contributed by atoms with Gasteiger partial charge in [-0.1, -0.05) is 6.58 Å². The molecule has 0 aliphatic carbocycles. The number of aryl methyl sites for hydroxylation is 1. The average molecular weight is 245 g/mol. The van der Waals surface area contributed by atoms with Crippen LogP contribution in [0.25, 0.3) is 6.08 Å². The summed E-state index contributed by atoms with van der Waals surface area (Å²) in [5.74, 6) is 0. The van der Waals surface area contributed by atoms with Gasteiger partial charge in [0.15, 0.2) is 0 Å². The molecule has 0 amide bonds. The van der Waals surface area contributed by atoms with E-state index in [1.165, 1.54) is 0 Å². The number of aromatic nitrogens is 1. The van der Waals surface area contributed by atoms with E-state index in [0.29, 0.717) is 0 Å². The monoisotopic (exact) mass is 245 g/mol. The molecule has 0 radical (unpaired) electrons. The molecule has 1 aromatic rings. The second-order valence-corrected chi connectivity index (χ2v) is 5.76. The SMILES string of the molecule is C=Cc1cc(C)c(B2OC(C)(C)C(C)(C)O2)cn1. The van der Waals surface area contributed by atoms with E-state index in [9.17, 15) is 0 Å². The summed E-state index contributed by atoms with van der Waals surface area (Å²) >= 11 is 0. The summed E-state index contributed by atoms with van der Waals surface area (Å²) in [7, 11) is -0.346. The minimum Gasteiger partial charge on any atom is -0.399 e. The lowest BCUT2D eigenvalue weighted by molar-refractivity contribution is 0.00578. The van der Waals surface area contributed by atoms with Gasteiger partial charge in [0.05, 0.1) is 16.9 Å². The maximum atomic E-state index is 6.02. The second kappa shape index (κ2) is 4.21. The zero-order chi connectivity index (χ0) is 13.6. The van der Waals surface area contributed by atoms with Gasteiger partial charge in [0.25, 0.3) is 0 Å². The number of nitrogens with zero attached hydrogens (tertiary/aromatic N) is 1. The average Bonchev–Trinajstić information content (AvgIpc) is 2.47. The van der Waals surface area contributed by atoms with Crippen molar-refractivity contribution in [2.45, 2.75) is 45.8 Å². The highest BCUT2D eigenvalue weighted by molar-refractivity contribution is 6.62. The number of hydrogen-bond acceptors (Lipinski definition) is 3. The summed E-state index contributed by atoms with van der Waals surface area (Å²) in [6, 6.07) is 1.99. The molecule has 0 atom stereocenters. The third-order valence-corrected chi connectivity index (χ3v) is 3.89. The molecule has 0 aromatic carbocycles. The Morgan fingerprint density at radius 2 is 1.78 bits per heavy atom. The fraction of sp³-hybridized carbons (Fsp3) is 0.500. The summed E-state index contributed by atoms with van der Waals surface area (Å²) < 4.78 is 12.0. The van der Waals surface area contributed by atoms with Crippen molar-refractivity contribution in [3.8, 4) is 0 Å². The number of hydrogen-bond donors (Lipinski definition) is 0. The zero-order valence-corrected chi connectivity index (χ0v) is 11.8. The molecular weight excluding hydrogens is 225 g/mol. The molecule has 96 valence electrons. The quantitative estimate of drug-likeness (QED) is 0.749. The van der Waals surface area contributed by atoms with E-state index in [1.54, 1.807) is 6.08 Å². The van der Waals surface area contributed by atoms with E-state index in [-0.39, 0.29) is 18.3 Å².